The van der Waals surface area contributed by atoms with E-state index < -0.39 is 12.3 Å². The highest BCUT2D eigenvalue weighted by Gasteiger charge is 2.31. The number of hydrogen-bond donors (Lipinski definition) is 1. The number of carbonyl (C=O) groups is 1. The van der Waals surface area contributed by atoms with Crippen LogP contribution in [0.25, 0.3) is 0 Å². The summed E-state index contributed by atoms with van der Waals surface area (Å²) in [4.78, 5) is 12.9. The van der Waals surface area contributed by atoms with Gasteiger partial charge in [0.25, 0.3) is 5.91 Å². The van der Waals surface area contributed by atoms with Gasteiger partial charge in [0.2, 0.25) is 0 Å². The fraction of sp³-hybridized carbons (Fsp3) is 0.273. The highest BCUT2D eigenvalue weighted by molar-refractivity contribution is 9.10. The van der Waals surface area contributed by atoms with Gasteiger partial charge < -0.3 is 10.1 Å². The Kier molecular flexibility index (Phi) is 6.45. The van der Waals surface area contributed by atoms with Crippen LogP contribution in [0.2, 0.25) is 0 Å². The third kappa shape index (κ3) is 6.33. The first-order valence-electron chi connectivity index (χ1n) is 9.40. The van der Waals surface area contributed by atoms with Gasteiger partial charge in [0.05, 0.1) is 6.54 Å². The Labute approximate surface area is 186 Å². The quantitative estimate of drug-likeness (QED) is 0.462. The molecular formula is C22H21BrF3N3O2. The number of nitrogens with zero attached hydrogens (tertiary/aromatic N) is 2. The maximum Gasteiger partial charge on any atom is 0.573 e. The SMILES string of the molecule is CC(C)(C)c1cn(Cc2cccc(Br)c2)nc1C(=O)Nc1ccc(OC(F)(F)F)cc1. The molecule has 1 amide bonds. The van der Waals surface area contributed by atoms with E-state index in [1.165, 1.54) is 12.1 Å². The number of amides is 1. The number of carbonyl (C=O) groups excluding carboxylic acids is 1. The van der Waals surface area contributed by atoms with E-state index in [0.717, 1.165) is 27.7 Å². The summed E-state index contributed by atoms with van der Waals surface area (Å²) >= 11 is 3.44. The number of anilines is 1. The topological polar surface area (TPSA) is 56.2 Å². The lowest BCUT2D eigenvalue weighted by atomic mass is 9.87. The Balaban J connectivity index is 1.81. The zero-order chi connectivity index (χ0) is 22.8. The summed E-state index contributed by atoms with van der Waals surface area (Å²) in [5.41, 5.74) is 2.03. The summed E-state index contributed by atoms with van der Waals surface area (Å²) in [6.45, 7) is 6.42. The van der Waals surface area contributed by atoms with E-state index in [2.05, 4.69) is 31.1 Å². The molecule has 31 heavy (non-hydrogen) atoms. The minimum atomic E-state index is -4.77. The maximum atomic E-state index is 12.9. The van der Waals surface area contributed by atoms with Gasteiger partial charge in [-0.05, 0) is 47.4 Å². The van der Waals surface area contributed by atoms with Gasteiger partial charge in [0.1, 0.15) is 5.75 Å². The van der Waals surface area contributed by atoms with E-state index in [4.69, 9.17) is 0 Å². The molecule has 0 aliphatic rings. The molecule has 0 radical (unpaired) electrons. The Hall–Kier alpha value is -2.81. The molecule has 0 spiro atoms. The zero-order valence-corrected chi connectivity index (χ0v) is 18.7. The van der Waals surface area contributed by atoms with Crippen molar-refractivity contribution in [3.8, 4) is 5.75 Å². The number of rotatable bonds is 5. The highest BCUT2D eigenvalue weighted by Crippen LogP contribution is 2.28. The number of nitrogens with one attached hydrogen (secondary N) is 1. The van der Waals surface area contributed by atoms with Gasteiger partial charge in [-0.3, -0.25) is 9.48 Å². The van der Waals surface area contributed by atoms with Gasteiger partial charge in [-0.25, -0.2) is 0 Å². The first-order valence-corrected chi connectivity index (χ1v) is 10.2. The van der Waals surface area contributed by atoms with Gasteiger partial charge in [0.15, 0.2) is 5.69 Å². The molecule has 1 N–H and O–H groups in total. The lowest BCUT2D eigenvalue weighted by molar-refractivity contribution is -0.274. The minimum Gasteiger partial charge on any atom is -0.406 e. The third-order valence-corrected chi connectivity index (χ3v) is 4.86. The molecule has 164 valence electrons. The molecule has 0 atom stereocenters. The van der Waals surface area contributed by atoms with Crippen LogP contribution in [-0.2, 0) is 12.0 Å². The van der Waals surface area contributed by atoms with Crippen molar-refractivity contribution in [3.63, 3.8) is 0 Å². The maximum absolute atomic E-state index is 12.9. The van der Waals surface area contributed by atoms with Crippen molar-refractivity contribution >= 4 is 27.5 Å². The second-order valence-corrected chi connectivity index (χ2v) is 8.91. The van der Waals surface area contributed by atoms with Gasteiger partial charge in [-0.2, -0.15) is 5.10 Å². The van der Waals surface area contributed by atoms with E-state index in [1.54, 1.807) is 4.68 Å². The molecule has 3 rings (SSSR count). The zero-order valence-electron chi connectivity index (χ0n) is 17.1. The smallest absolute Gasteiger partial charge is 0.406 e. The number of ether oxygens (including phenoxy) is 1. The summed E-state index contributed by atoms with van der Waals surface area (Å²) in [7, 11) is 0. The summed E-state index contributed by atoms with van der Waals surface area (Å²) in [5.74, 6) is -0.804. The van der Waals surface area contributed by atoms with Crippen LogP contribution in [0.15, 0.2) is 59.2 Å². The summed E-state index contributed by atoms with van der Waals surface area (Å²) < 4.78 is 43.4. The molecule has 0 saturated heterocycles. The van der Waals surface area contributed by atoms with E-state index in [9.17, 15) is 18.0 Å². The largest absolute Gasteiger partial charge is 0.573 e. The minimum absolute atomic E-state index is 0.262. The van der Waals surface area contributed by atoms with Gasteiger partial charge in [0, 0.05) is 21.9 Å². The van der Waals surface area contributed by atoms with Crippen LogP contribution < -0.4 is 10.1 Å². The molecule has 0 fully saturated rings. The molecule has 3 aromatic rings. The second kappa shape index (κ2) is 8.74. The monoisotopic (exact) mass is 495 g/mol. The number of aromatic nitrogens is 2. The van der Waals surface area contributed by atoms with E-state index >= 15 is 0 Å². The van der Waals surface area contributed by atoms with Crippen molar-refractivity contribution in [2.45, 2.75) is 39.1 Å². The molecule has 0 aliphatic heterocycles. The molecular weight excluding hydrogens is 475 g/mol. The van der Waals surface area contributed by atoms with Gasteiger partial charge in [-0.15, -0.1) is 13.2 Å². The Morgan fingerprint density at radius 2 is 1.81 bits per heavy atom. The number of alkyl halides is 3. The first-order chi connectivity index (χ1) is 14.4. The molecule has 1 aromatic heterocycles. The van der Waals surface area contributed by atoms with Gasteiger partial charge in [-0.1, -0.05) is 48.8 Å². The molecule has 0 aliphatic carbocycles. The van der Waals surface area contributed by atoms with Crippen molar-refractivity contribution in [1.29, 1.82) is 0 Å². The number of hydrogen-bond acceptors (Lipinski definition) is 3. The summed E-state index contributed by atoms with van der Waals surface area (Å²) in [6.07, 6.45) is -2.93. The highest BCUT2D eigenvalue weighted by atomic mass is 79.9. The van der Waals surface area contributed by atoms with Crippen molar-refractivity contribution in [2.24, 2.45) is 0 Å². The lowest BCUT2D eigenvalue weighted by Gasteiger charge is -2.18. The standard InChI is InChI=1S/C22H21BrF3N3O2/c1-21(2,3)18-13-29(12-14-5-4-6-15(23)11-14)28-19(18)20(30)27-16-7-9-17(10-8-16)31-22(24,25)26/h4-11,13H,12H2,1-3H3,(H,27,30). The summed E-state index contributed by atoms with van der Waals surface area (Å²) in [6, 6.07) is 12.8. The van der Waals surface area contributed by atoms with Crippen molar-refractivity contribution in [2.75, 3.05) is 5.32 Å². The molecule has 2 aromatic carbocycles. The number of benzene rings is 2. The van der Waals surface area contributed by atoms with Crippen LogP contribution in [0, 0.1) is 0 Å². The lowest BCUT2D eigenvalue weighted by Crippen LogP contribution is -2.20. The van der Waals surface area contributed by atoms with Crippen LogP contribution >= 0.6 is 15.9 Å². The first kappa shape index (κ1) is 22.9. The fourth-order valence-corrected chi connectivity index (χ4v) is 3.42. The Bertz CT molecular complexity index is 1070. The third-order valence-electron chi connectivity index (χ3n) is 4.36. The fourth-order valence-electron chi connectivity index (χ4n) is 2.97. The Morgan fingerprint density at radius 3 is 2.39 bits per heavy atom. The number of halogens is 4. The average molecular weight is 496 g/mol. The predicted molar refractivity (Wildman–Crippen MR) is 115 cm³/mol. The molecule has 5 nitrogen and oxygen atoms in total. The molecule has 0 bridgehead atoms. The van der Waals surface area contributed by atoms with E-state index in [0.29, 0.717) is 12.2 Å². The van der Waals surface area contributed by atoms with Crippen molar-refractivity contribution in [3.05, 3.63) is 76.0 Å². The molecule has 9 heteroatoms. The normalized spacial score (nSPS) is 12.0. The summed E-state index contributed by atoms with van der Waals surface area (Å²) in [5, 5.41) is 7.17. The van der Waals surface area contributed by atoms with Gasteiger partial charge >= 0.3 is 6.36 Å². The Morgan fingerprint density at radius 1 is 1.13 bits per heavy atom. The predicted octanol–water partition coefficient (Wildman–Crippen LogP) is 6.14. The second-order valence-electron chi connectivity index (χ2n) is 8.00. The van der Waals surface area contributed by atoms with Crippen LogP contribution in [0.4, 0.5) is 18.9 Å². The van der Waals surface area contributed by atoms with Crippen molar-refractivity contribution in [1.82, 2.24) is 9.78 Å². The van der Waals surface area contributed by atoms with E-state index in [-0.39, 0.29) is 16.9 Å². The van der Waals surface area contributed by atoms with Crippen LogP contribution in [-0.4, -0.2) is 22.1 Å². The van der Waals surface area contributed by atoms with E-state index in [1.807, 2.05) is 51.2 Å². The molecule has 0 unspecified atom stereocenters. The molecule has 1 heterocycles. The molecule has 0 saturated carbocycles. The average Bonchev–Trinajstić information content (AvgIpc) is 3.06. The van der Waals surface area contributed by atoms with Crippen molar-refractivity contribution < 1.29 is 22.7 Å². The van der Waals surface area contributed by atoms with Crippen LogP contribution in [0.5, 0.6) is 5.75 Å². The van der Waals surface area contributed by atoms with Crippen LogP contribution in [0.1, 0.15) is 42.4 Å². The van der Waals surface area contributed by atoms with Crippen LogP contribution in [0.3, 0.4) is 0 Å².